The fourth-order valence-corrected chi connectivity index (χ4v) is 1.53. The Bertz CT molecular complexity index is 358. The van der Waals surface area contributed by atoms with E-state index in [1.54, 1.807) is 6.92 Å². The Hall–Kier alpha value is -1.43. The van der Waals surface area contributed by atoms with E-state index in [1.165, 1.54) is 0 Å². The molecule has 0 amide bonds. The number of carbonyl (C=O) groups is 1. The summed E-state index contributed by atoms with van der Waals surface area (Å²) in [4.78, 5) is 15.2. The van der Waals surface area contributed by atoms with Gasteiger partial charge in [-0.2, -0.15) is 4.98 Å². The molecule has 0 atom stereocenters. The van der Waals surface area contributed by atoms with Gasteiger partial charge in [0.25, 0.3) is 0 Å². The second-order valence-electron chi connectivity index (χ2n) is 3.68. The van der Waals surface area contributed by atoms with Crippen molar-refractivity contribution in [3.63, 3.8) is 0 Å². The molecule has 0 aliphatic carbocycles. The van der Waals surface area contributed by atoms with Crippen molar-refractivity contribution in [3.05, 3.63) is 11.7 Å². The molecule has 1 rings (SSSR count). The number of carboxylic acids is 1. The second-order valence-corrected chi connectivity index (χ2v) is 3.68. The lowest BCUT2D eigenvalue weighted by molar-refractivity contribution is -0.145. The van der Waals surface area contributed by atoms with Gasteiger partial charge in [-0.05, 0) is 19.8 Å². The summed E-state index contributed by atoms with van der Waals surface area (Å²) < 4.78 is 4.91. The Balaban J connectivity index is 2.67. The Morgan fingerprint density at radius 1 is 1.50 bits per heavy atom. The Labute approximate surface area is 94.0 Å². The third-order valence-corrected chi connectivity index (χ3v) is 2.76. The SMILES string of the molecule is CCC(CC)(NCc1nc(C)no1)C(=O)O. The lowest BCUT2D eigenvalue weighted by Crippen LogP contribution is -2.50. The molecule has 6 nitrogen and oxygen atoms in total. The molecular weight excluding hydrogens is 210 g/mol. The minimum atomic E-state index is -0.914. The summed E-state index contributed by atoms with van der Waals surface area (Å²) in [6, 6.07) is 0. The standard InChI is InChI=1S/C10H17N3O3/c1-4-10(5-2,9(14)15)11-6-8-12-7(3)13-16-8/h11H,4-6H2,1-3H3,(H,14,15). The van der Waals surface area contributed by atoms with E-state index in [0.717, 1.165) is 0 Å². The number of hydrogen-bond acceptors (Lipinski definition) is 5. The van der Waals surface area contributed by atoms with Crippen LogP contribution in [0.5, 0.6) is 0 Å². The van der Waals surface area contributed by atoms with Gasteiger partial charge in [0.15, 0.2) is 5.82 Å². The third kappa shape index (κ3) is 2.57. The summed E-state index contributed by atoms with van der Waals surface area (Å²) in [6.07, 6.45) is 1.01. The smallest absolute Gasteiger partial charge is 0.323 e. The third-order valence-electron chi connectivity index (χ3n) is 2.76. The van der Waals surface area contributed by atoms with Gasteiger partial charge in [-0.25, -0.2) is 0 Å². The molecule has 1 aromatic rings. The molecule has 0 unspecified atom stereocenters. The normalized spacial score (nSPS) is 11.7. The van der Waals surface area contributed by atoms with Crippen LogP contribution in [0.25, 0.3) is 0 Å². The summed E-state index contributed by atoms with van der Waals surface area (Å²) in [7, 11) is 0. The number of hydrogen-bond donors (Lipinski definition) is 2. The van der Waals surface area contributed by atoms with E-state index in [1.807, 2.05) is 13.8 Å². The van der Waals surface area contributed by atoms with Crippen molar-refractivity contribution in [1.29, 1.82) is 0 Å². The van der Waals surface area contributed by atoms with Crippen LogP contribution in [-0.4, -0.2) is 26.8 Å². The first kappa shape index (κ1) is 12.6. The number of carboxylic acid groups (broad SMARTS) is 1. The molecule has 1 aromatic heterocycles. The predicted octanol–water partition coefficient (Wildman–Crippen LogP) is 1.11. The van der Waals surface area contributed by atoms with Crippen LogP contribution < -0.4 is 5.32 Å². The van der Waals surface area contributed by atoms with Crippen LogP contribution in [0.1, 0.15) is 38.4 Å². The minimum absolute atomic E-state index is 0.273. The maximum atomic E-state index is 11.2. The molecule has 0 fully saturated rings. The van der Waals surface area contributed by atoms with Crippen molar-refractivity contribution in [2.45, 2.75) is 45.7 Å². The largest absolute Gasteiger partial charge is 0.480 e. The second kappa shape index (κ2) is 5.07. The Morgan fingerprint density at radius 2 is 2.12 bits per heavy atom. The highest BCUT2D eigenvalue weighted by molar-refractivity contribution is 5.78. The molecule has 0 aromatic carbocycles. The lowest BCUT2D eigenvalue weighted by Gasteiger charge is -2.27. The topological polar surface area (TPSA) is 88.3 Å². The van der Waals surface area contributed by atoms with E-state index >= 15 is 0 Å². The first-order valence-electron chi connectivity index (χ1n) is 5.31. The molecule has 0 aliphatic heterocycles. The van der Waals surface area contributed by atoms with Gasteiger partial charge in [0.2, 0.25) is 5.89 Å². The zero-order valence-electron chi connectivity index (χ0n) is 9.78. The van der Waals surface area contributed by atoms with Gasteiger partial charge in [0.05, 0.1) is 6.54 Å². The number of nitrogens with one attached hydrogen (secondary N) is 1. The molecule has 0 saturated carbocycles. The quantitative estimate of drug-likeness (QED) is 0.756. The molecule has 0 saturated heterocycles. The van der Waals surface area contributed by atoms with E-state index in [9.17, 15) is 9.90 Å². The number of aliphatic carboxylic acids is 1. The van der Waals surface area contributed by atoms with Crippen LogP contribution in [0, 0.1) is 6.92 Å². The van der Waals surface area contributed by atoms with Gasteiger partial charge in [0, 0.05) is 0 Å². The van der Waals surface area contributed by atoms with Crippen molar-refractivity contribution >= 4 is 5.97 Å². The van der Waals surface area contributed by atoms with Gasteiger partial charge < -0.3 is 9.63 Å². The van der Waals surface area contributed by atoms with Crippen molar-refractivity contribution in [3.8, 4) is 0 Å². The van der Waals surface area contributed by atoms with E-state index in [-0.39, 0.29) is 6.54 Å². The van der Waals surface area contributed by atoms with Crippen LogP contribution in [0.2, 0.25) is 0 Å². The Kier molecular flexibility index (Phi) is 4.00. The van der Waals surface area contributed by atoms with Crippen LogP contribution >= 0.6 is 0 Å². The van der Waals surface area contributed by atoms with Crippen LogP contribution in [0.4, 0.5) is 0 Å². The number of nitrogens with zero attached hydrogens (tertiary/aromatic N) is 2. The molecule has 0 aliphatic rings. The summed E-state index contributed by atoms with van der Waals surface area (Å²) in [5.41, 5.74) is -0.914. The fourth-order valence-electron chi connectivity index (χ4n) is 1.53. The van der Waals surface area contributed by atoms with Crippen molar-refractivity contribution < 1.29 is 14.4 Å². The number of aromatic nitrogens is 2. The summed E-state index contributed by atoms with van der Waals surface area (Å²) in [5, 5.41) is 15.8. The maximum Gasteiger partial charge on any atom is 0.323 e. The van der Waals surface area contributed by atoms with E-state index in [4.69, 9.17) is 4.52 Å². The van der Waals surface area contributed by atoms with Crippen LogP contribution in [-0.2, 0) is 11.3 Å². The van der Waals surface area contributed by atoms with E-state index in [2.05, 4.69) is 15.5 Å². The molecule has 16 heavy (non-hydrogen) atoms. The molecule has 6 heteroatoms. The van der Waals surface area contributed by atoms with Crippen molar-refractivity contribution in [2.75, 3.05) is 0 Å². The van der Waals surface area contributed by atoms with Crippen LogP contribution in [0.15, 0.2) is 4.52 Å². The van der Waals surface area contributed by atoms with Gasteiger partial charge >= 0.3 is 5.97 Å². The van der Waals surface area contributed by atoms with Crippen molar-refractivity contribution in [1.82, 2.24) is 15.5 Å². The summed E-state index contributed by atoms with van der Waals surface area (Å²) in [6.45, 7) is 5.67. The zero-order chi connectivity index (χ0) is 12.2. The molecule has 0 radical (unpaired) electrons. The highest BCUT2D eigenvalue weighted by Gasteiger charge is 2.34. The van der Waals surface area contributed by atoms with Gasteiger partial charge in [-0.3, -0.25) is 10.1 Å². The molecular formula is C10H17N3O3. The highest BCUT2D eigenvalue weighted by atomic mass is 16.5. The first-order chi connectivity index (χ1) is 7.54. The Morgan fingerprint density at radius 3 is 2.50 bits per heavy atom. The number of rotatable bonds is 6. The number of aryl methyl sites for hydroxylation is 1. The summed E-state index contributed by atoms with van der Waals surface area (Å²) in [5.74, 6) is 0.101. The highest BCUT2D eigenvalue weighted by Crippen LogP contribution is 2.16. The van der Waals surface area contributed by atoms with Gasteiger partial charge in [-0.15, -0.1) is 0 Å². The molecule has 1 heterocycles. The average Bonchev–Trinajstić information content (AvgIpc) is 2.66. The zero-order valence-corrected chi connectivity index (χ0v) is 9.78. The fraction of sp³-hybridized carbons (Fsp3) is 0.700. The first-order valence-corrected chi connectivity index (χ1v) is 5.31. The maximum absolute atomic E-state index is 11.2. The van der Waals surface area contributed by atoms with Crippen LogP contribution in [0.3, 0.4) is 0 Å². The predicted molar refractivity (Wildman–Crippen MR) is 56.8 cm³/mol. The van der Waals surface area contributed by atoms with Crippen molar-refractivity contribution in [2.24, 2.45) is 0 Å². The molecule has 0 bridgehead atoms. The van der Waals surface area contributed by atoms with Gasteiger partial charge in [0.1, 0.15) is 5.54 Å². The lowest BCUT2D eigenvalue weighted by atomic mass is 9.93. The van der Waals surface area contributed by atoms with E-state index < -0.39 is 11.5 Å². The molecule has 2 N–H and O–H groups in total. The average molecular weight is 227 g/mol. The summed E-state index contributed by atoms with van der Waals surface area (Å²) >= 11 is 0. The monoisotopic (exact) mass is 227 g/mol. The van der Waals surface area contributed by atoms with Gasteiger partial charge in [-0.1, -0.05) is 19.0 Å². The molecule has 0 spiro atoms. The van der Waals surface area contributed by atoms with E-state index in [0.29, 0.717) is 24.6 Å². The molecule has 90 valence electrons. The minimum Gasteiger partial charge on any atom is -0.480 e.